The molecule has 0 saturated heterocycles. The normalized spacial score (nSPS) is 13.2. The zero-order valence-electron chi connectivity index (χ0n) is 13.5. The van der Waals surface area contributed by atoms with Gasteiger partial charge in [-0.05, 0) is 18.9 Å². The van der Waals surface area contributed by atoms with Gasteiger partial charge in [-0.2, -0.15) is 5.10 Å². The molecule has 25 heavy (non-hydrogen) atoms. The van der Waals surface area contributed by atoms with Gasteiger partial charge in [-0.25, -0.2) is 0 Å². The first kappa shape index (κ1) is 16.6. The highest BCUT2D eigenvalue weighted by Crippen LogP contribution is 2.40. The number of rotatable bonds is 4. The summed E-state index contributed by atoms with van der Waals surface area (Å²) in [4.78, 5) is 24.8. The molecule has 1 aliphatic rings. The first-order valence-corrected chi connectivity index (χ1v) is 7.71. The lowest BCUT2D eigenvalue weighted by molar-refractivity contribution is -0.122. The van der Waals surface area contributed by atoms with Crippen LogP contribution in [0.4, 0.5) is 0 Å². The topological polar surface area (TPSA) is 123 Å². The number of nitrogens with one attached hydrogen (secondary N) is 1. The lowest BCUT2D eigenvalue weighted by atomic mass is 10.2. The fraction of sp³-hybridized carbons (Fsp3) is 0.312. The van der Waals surface area contributed by atoms with Crippen molar-refractivity contribution in [1.82, 2.24) is 25.2 Å². The minimum absolute atomic E-state index is 0.188. The zero-order valence-corrected chi connectivity index (χ0v) is 13.5. The van der Waals surface area contributed by atoms with Crippen LogP contribution >= 0.6 is 0 Å². The van der Waals surface area contributed by atoms with E-state index in [2.05, 4.69) is 20.6 Å². The molecule has 9 nitrogen and oxygen atoms in total. The van der Waals surface area contributed by atoms with E-state index in [0.717, 1.165) is 35.3 Å². The van der Waals surface area contributed by atoms with E-state index < -0.39 is 0 Å². The molecular weight excluding hydrogens is 326 g/mol. The molecule has 1 aliphatic carbocycles. The number of carbonyl (C=O) groups is 2. The molecule has 0 bridgehead atoms. The Morgan fingerprint density at radius 3 is 2.92 bits per heavy atom. The Morgan fingerprint density at radius 2 is 2.20 bits per heavy atom. The fourth-order valence-electron chi connectivity index (χ4n) is 2.39. The van der Waals surface area contributed by atoms with Gasteiger partial charge in [0.15, 0.2) is 0 Å². The van der Waals surface area contributed by atoms with Gasteiger partial charge in [-0.3, -0.25) is 19.3 Å². The maximum Gasteiger partial charge on any atom is 0.290 e. The molecule has 130 valence electrons. The number of pyridine rings is 1. The highest BCUT2D eigenvalue weighted by molar-refractivity contribution is 5.96. The van der Waals surface area contributed by atoms with Crippen molar-refractivity contribution in [2.24, 2.45) is 7.05 Å². The smallest absolute Gasteiger partial charge is 0.290 e. The molecule has 3 aromatic heterocycles. The van der Waals surface area contributed by atoms with E-state index in [4.69, 9.17) is 14.4 Å². The van der Waals surface area contributed by atoms with E-state index in [1.165, 1.54) is 0 Å². The Hall–Kier alpha value is -3.23. The Morgan fingerprint density at radius 1 is 1.44 bits per heavy atom. The average Bonchev–Trinajstić information content (AvgIpc) is 3.25. The molecular formula is C16H17N5O4. The van der Waals surface area contributed by atoms with E-state index in [1.807, 2.05) is 13.1 Å². The number of aromatic nitrogens is 4. The van der Waals surface area contributed by atoms with Crippen LogP contribution in [0, 0.1) is 0 Å². The van der Waals surface area contributed by atoms with E-state index in [-0.39, 0.29) is 12.4 Å². The summed E-state index contributed by atoms with van der Waals surface area (Å²) < 4.78 is 6.96. The summed E-state index contributed by atoms with van der Waals surface area (Å²) in [6.45, 7) is 0.0957. The Labute approximate surface area is 142 Å². The van der Waals surface area contributed by atoms with Gasteiger partial charge in [0.05, 0.1) is 23.8 Å². The highest BCUT2D eigenvalue weighted by atomic mass is 16.5. The third-order valence-electron chi connectivity index (χ3n) is 3.85. The molecule has 0 radical (unpaired) electrons. The second-order valence-corrected chi connectivity index (χ2v) is 5.68. The number of fused-ring (bicyclic) bond motifs is 1. The van der Waals surface area contributed by atoms with Crippen molar-refractivity contribution in [1.29, 1.82) is 0 Å². The van der Waals surface area contributed by atoms with Gasteiger partial charge in [0.25, 0.3) is 12.4 Å². The fourth-order valence-corrected chi connectivity index (χ4v) is 2.39. The molecule has 0 unspecified atom stereocenters. The summed E-state index contributed by atoms with van der Waals surface area (Å²) in [6.07, 6.45) is 5.55. The van der Waals surface area contributed by atoms with Gasteiger partial charge in [-0.15, -0.1) is 0 Å². The van der Waals surface area contributed by atoms with E-state index in [0.29, 0.717) is 18.0 Å². The summed E-state index contributed by atoms with van der Waals surface area (Å²) in [5.74, 6) is 1.25. The number of hydrogen-bond acceptors (Lipinski definition) is 6. The Kier molecular flexibility index (Phi) is 4.73. The van der Waals surface area contributed by atoms with Crippen LogP contribution in [0.1, 0.15) is 40.6 Å². The number of hydrogen-bond donors (Lipinski definition) is 2. The quantitative estimate of drug-likeness (QED) is 0.687. The van der Waals surface area contributed by atoms with E-state index in [9.17, 15) is 4.79 Å². The molecule has 2 N–H and O–H groups in total. The maximum absolute atomic E-state index is 12.2. The Balaban J connectivity index is 0.000000569. The lowest BCUT2D eigenvalue weighted by Crippen LogP contribution is -2.23. The number of carboxylic acid groups (broad SMARTS) is 1. The summed E-state index contributed by atoms with van der Waals surface area (Å²) in [7, 11) is 1.82. The van der Waals surface area contributed by atoms with Crippen LogP contribution in [0.5, 0.6) is 0 Å². The van der Waals surface area contributed by atoms with Crippen LogP contribution in [0.3, 0.4) is 0 Å². The van der Waals surface area contributed by atoms with Crippen LogP contribution in [-0.4, -0.2) is 37.4 Å². The van der Waals surface area contributed by atoms with Crippen LogP contribution in [-0.2, 0) is 18.4 Å². The predicted molar refractivity (Wildman–Crippen MR) is 86.9 cm³/mol. The second kappa shape index (κ2) is 7.12. The van der Waals surface area contributed by atoms with Crippen molar-refractivity contribution in [3.63, 3.8) is 0 Å². The molecule has 1 fully saturated rings. The molecule has 0 atom stereocenters. The predicted octanol–water partition coefficient (Wildman–Crippen LogP) is 1.46. The van der Waals surface area contributed by atoms with Crippen molar-refractivity contribution in [3.05, 3.63) is 41.5 Å². The monoisotopic (exact) mass is 343 g/mol. The molecule has 9 heteroatoms. The van der Waals surface area contributed by atoms with Gasteiger partial charge < -0.3 is 14.9 Å². The Bertz CT molecular complexity index is 897. The van der Waals surface area contributed by atoms with Crippen LogP contribution in [0.25, 0.3) is 11.0 Å². The molecule has 3 aromatic rings. The third-order valence-corrected chi connectivity index (χ3v) is 3.85. The standard InChI is InChI=1S/C15H15N5O2.CH2O2/c1-20-13-4-10(6-16-12(13)8-18-20)15(21)17-7-11-5-14(22-19-11)9-2-3-9;2-1-3/h4-6,8-9H,2-3,7H2,1H3,(H,17,21);1H,(H,2,3). The van der Waals surface area contributed by atoms with Crippen molar-refractivity contribution in [2.45, 2.75) is 25.3 Å². The summed E-state index contributed by atoms with van der Waals surface area (Å²) in [6, 6.07) is 3.70. The van der Waals surface area contributed by atoms with Crippen molar-refractivity contribution in [2.75, 3.05) is 0 Å². The van der Waals surface area contributed by atoms with Crippen LogP contribution in [0.2, 0.25) is 0 Å². The largest absolute Gasteiger partial charge is 0.483 e. The lowest BCUT2D eigenvalue weighted by Gasteiger charge is -2.03. The average molecular weight is 343 g/mol. The minimum atomic E-state index is -0.250. The summed E-state index contributed by atoms with van der Waals surface area (Å²) >= 11 is 0. The summed E-state index contributed by atoms with van der Waals surface area (Å²) in [5.41, 5.74) is 2.83. The van der Waals surface area contributed by atoms with Crippen LogP contribution < -0.4 is 5.32 Å². The van der Waals surface area contributed by atoms with Gasteiger partial charge in [0.2, 0.25) is 0 Å². The van der Waals surface area contributed by atoms with Gasteiger partial charge in [-0.1, -0.05) is 5.16 Å². The molecule has 0 aliphatic heterocycles. The first-order valence-electron chi connectivity index (χ1n) is 7.71. The van der Waals surface area contributed by atoms with Gasteiger partial charge >= 0.3 is 0 Å². The highest BCUT2D eigenvalue weighted by Gasteiger charge is 2.27. The molecule has 1 saturated carbocycles. The molecule has 1 amide bonds. The van der Waals surface area contributed by atoms with E-state index >= 15 is 0 Å². The molecule has 0 aromatic carbocycles. The van der Waals surface area contributed by atoms with E-state index in [1.54, 1.807) is 23.1 Å². The van der Waals surface area contributed by atoms with Crippen molar-refractivity contribution in [3.8, 4) is 0 Å². The third kappa shape index (κ3) is 3.82. The zero-order chi connectivity index (χ0) is 17.8. The molecule has 4 rings (SSSR count). The number of carbonyl (C=O) groups excluding carboxylic acids is 1. The van der Waals surface area contributed by atoms with Gasteiger partial charge in [0, 0.05) is 25.2 Å². The van der Waals surface area contributed by atoms with Crippen molar-refractivity contribution < 1.29 is 19.2 Å². The number of nitrogens with zero attached hydrogens (tertiary/aromatic N) is 4. The minimum Gasteiger partial charge on any atom is -0.483 e. The van der Waals surface area contributed by atoms with Gasteiger partial charge in [0.1, 0.15) is 17.0 Å². The molecule has 3 heterocycles. The number of amides is 1. The van der Waals surface area contributed by atoms with Crippen LogP contribution in [0.15, 0.2) is 29.0 Å². The number of aryl methyl sites for hydroxylation is 1. The summed E-state index contributed by atoms with van der Waals surface area (Å²) in [5, 5.41) is 17.8. The molecule has 0 spiro atoms. The van der Waals surface area contributed by atoms with Crippen molar-refractivity contribution >= 4 is 23.4 Å². The SMILES string of the molecule is Cn1ncc2ncc(C(=O)NCc3cc(C4CC4)on3)cc21.O=CO. The second-order valence-electron chi connectivity index (χ2n) is 5.68. The maximum atomic E-state index is 12.2. The first-order chi connectivity index (χ1) is 12.1.